The van der Waals surface area contributed by atoms with E-state index in [1.54, 1.807) is 37.4 Å². The van der Waals surface area contributed by atoms with Crippen molar-refractivity contribution in [3.8, 4) is 5.75 Å². The highest BCUT2D eigenvalue weighted by atomic mass is 19.1. The van der Waals surface area contributed by atoms with Gasteiger partial charge in [-0.15, -0.1) is 0 Å². The Hall–Kier alpha value is -3.42. The normalized spacial score (nSPS) is 20.9. The van der Waals surface area contributed by atoms with E-state index in [-0.39, 0.29) is 17.7 Å². The minimum atomic E-state index is -0.914. The van der Waals surface area contributed by atoms with Crippen LogP contribution in [0.1, 0.15) is 36.9 Å². The SMILES string of the molecule is Cc1cccc(O[C@H]2CC[C@](Cc3cccc(Nc4cc[nH]n4)n3)(C(=O)O)CC2)c1F. The molecular formula is C23H25FN4O3. The maximum Gasteiger partial charge on any atom is 0.310 e. The zero-order valence-electron chi connectivity index (χ0n) is 17.3. The van der Waals surface area contributed by atoms with Crippen LogP contribution in [0.25, 0.3) is 0 Å². The van der Waals surface area contributed by atoms with Crippen molar-refractivity contribution in [2.45, 2.75) is 45.1 Å². The van der Waals surface area contributed by atoms with Crippen LogP contribution in [0.3, 0.4) is 0 Å². The summed E-state index contributed by atoms with van der Waals surface area (Å²) in [5, 5.41) is 19.9. The summed E-state index contributed by atoms with van der Waals surface area (Å²) in [6.07, 6.45) is 3.80. The van der Waals surface area contributed by atoms with Gasteiger partial charge in [0.2, 0.25) is 0 Å². The summed E-state index contributed by atoms with van der Waals surface area (Å²) in [6, 6.07) is 12.4. The van der Waals surface area contributed by atoms with Crippen LogP contribution < -0.4 is 10.1 Å². The lowest BCUT2D eigenvalue weighted by molar-refractivity contribution is -0.152. The molecule has 3 N–H and O–H groups in total. The number of aryl methyl sites for hydroxylation is 1. The number of hydrogen-bond acceptors (Lipinski definition) is 5. The summed E-state index contributed by atoms with van der Waals surface area (Å²) in [7, 11) is 0. The number of hydrogen-bond donors (Lipinski definition) is 3. The summed E-state index contributed by atoms with van der Waals surface area (Å²) in [4.78, 5) is 16.8. The molecule has 0 aliphatic heterocycles. The number of nitrogens with one attached hydrogen (secondary N) is 2. The molecule has 0 bridgehead atoms. The molecule has 3 aromatic rings. The van der Waals surface area contributed by atoms with Crippen LogP contribution in [-0.2, 0) is 11.2 Å². The zero-order valence-corrected chi connectivity index (χ0v) is 17.3. The van der Waals surface area contributed by atoms with Gasteiger partial charge >= 0.3 is 5.97 Å². The van der Waals surface area contributed by atoms with Crippen LogP contribution in [0.5, 0.6) is 5.75 Å². The van der Waals surface area contributed by atoms with Crippen LogP contribution in [0, 0.1) is 18.2 Å². The Balaban J connectivity index is 1.43. The second kappa shape index (κ2) is 8.75. The monoisotopic (exact) mass is 424 g/mol. The highest BCUT2D eigenvalue weighted by molar-refractivity contribution is 5.75. The Bertz CT molecular complexity index is 1050. The Labute approximate surface area is 179 Å². The van der Waals surface area contributed by atoms with E-state index in [1.165, 1.54) is 0 Å². The van der Waals surface area contributed by atoms with Gasteiger partial charge in [0.25, 0.3) is 0 Å². The van der Waals surface area contributed by atoms with Crippen molar-refractivity contribution in [1.29, 1.82) is 0 Å². The van der Waals surface area contributed by atoms with E-state index >= 15 is 0 Å². The van der Waals surface area contributed by atoms with Gasteiger partial charge in [0.05, 0.1) is 11.5 Å². The smallest absolute Gasteiger partial charge is 0.310 e. The van der Waals surface area contributed by atoms with Gasteiger partial charge in [-0.3, -0.25) is 9.89 Å². The molecule has 4 rings (SSSR count). The number of H-pyrrole nitrogens is 1. The highest BCUT2D eigenvalue weighted by Crippen LogP contribution is 2.41. The third-order valence-electron chi connectivity index (χ3n) is 5.88. The molecule has 162 valence electrons. The zero-order chi connectivity index (χ0) is 21.8. The first kappa shape index (κ1) is 20.8. The minimum absolute atomic E-state index is 0.204. The average molecular weight is 424 g/mol. The Morgan fingerprint density at radius 3 is 2.71 bits per heavy atom. The van der Waals surface area contributed by atoms with Crippen LogP contribution >= 0.6 is 0 Å². The molecule has 2 aromatic heterocycles. The molecule has 31 heavy (non-hydrogen) atoms. The second-order valence-corrected chi connectivity index (χ2v) is 8.07. The molecule has 1 aliphatic carbocycles. The molecule has 2 heterocycles. The van der Waals surface area contributed by atoms with Crippen LogP contribution in [0.15, 0.2) is 48.7 Å². The van der Waals surface area contributed by atoms with E-state index in [0.717, 1.165) is 0 Å². The predicted molar refractivity (Wildman–Crippen MR) is 114 cm³/mol. The molecule has 1 aromatic carbocycles. The van der Waals surface area contributed by atoms with Gasteiger partial charge in [-0.2, -0.15) is 5.10 Å². The van der Waals surface area contributed by atoms with Gasteiger partial charge in [-0.05, 0) is 56.4 Å². The number of halogens is 1. The van der Waals surface area contributed by atoms with Gasteiger partial charge < -0.3 is 15.2 Å². The molecule has 0 amide bonds. The largest absolute Gasteiger partial charge is 0.487 e. The standard InChI is InChI=1S/C23H25FN4O3/c1-15-4-2-6-18(21(15)24)31-17-8-11-23(12-9-17,22(29)30)14-16-5-3-7-19(26-16)27-20-10-13-25-28-20/h2-7,10,13,17H,8-9,11-12,14H2,1H3,(H,29,30)(H2,25,26,27,28)/t17-,23-. The van der Waals surface area contributed by atoms with Gasteiger partial charge in [-0.25, -0.2) is 9.37 Å². The number of aromatic nitrogens is 3. The number of benzene rings is 1. The maximum atomic E-state index is 14.3. The summed E-state index contributed by atoms with van der Waals surface area (Å²) < 4.78 is 20.1. The first-order valence-electron chi connectivity index (χ1n) is 10.3. The number of nitrogens with zero attached hydrogens (tertiary/aromatic N) is 2. The molecule has 0 spiro atoms. The lowest BCUT2D eigenvalue weighted by Crippen LogP contribution is -2.40. The quantitative estimate of drug-likeness (QED) is 0.511. The number of carboxylic acids is 1. The number of pyridine rings is 1. The van der Waals surface area contributed by atoms with Crippen LogP contribution in [-0.4, -0.2) is 32.4 Å². The van der Waals surface area contributed by atoms with E-state index in [4.69, 9.17) is 4.74 Å². The summed E-state index contributed by atoms with van der Waals surface area (Å²) in [5.74, 6) is 0.283. The number of carboxylic acid groups (broad SMARTS) is 1. The minimum Gasteiger partial charge on any atom is -0.487 e. The first-order valence-corrected chi connectivity index (χ1v) is 10.3. The molecular weight excluding hydrogens is 399 g/mol. The number of carbonyl (C=O) groups is 1. The fourth-order valence-corrected chi connectivity index (χ4v) is 4.07. The van der Waals surface area contributed by atoms with Crippen LogP contribution in [0.4, 0.5) is 16.0 Å². The van der Waals surface area contributed by atoms with Crippen molar-refractivity contribution in [2.24, 2.45) is 5.41 Å². The Kier molecular flexibility index (Phi) is 5.88. The molecule has 1 fully saturated rings. The Morgan fingerprint density at radius 1 is 1.23 bits per heavy atom. The topological polar surface area (TPSA) is 100 Å². The molecule has 0 atom stereocenters. The second-order valence-electron chi connectivity index (χ2n) is 8.07. The van der Waals surface area contributed by atoms with Gasteiger partial charge in [0, 0.05) is 24.4 Å². The van der Waals surface area contributed by atoms with Gasteiger partial charge in [0.15, 0.2) is 17.4 Å². The van der Waals surface area contributed by atoms with Gasteiger partial charge in [0.1, 0.15) is 5.82 Å². The fourth-order valence-electron chi connectivity index (χ4n) is 4.07. The molecule has 1 aliphatic rings. The summed E-state index contributed by atoms with van der Waals surface area (Å²) >= 11 is 0. The molecule has 1 saturated carbocycles. The van der Waals surface area contributed by atoms with E-state index in [2.05, 4.69) is 20.5 Å². The molecule has 8 heteroatoms. The number of aliphatic carboxylic acids is 1. The first-order chi connectivity index (χ1) is 14.9. The van der Waals surface area contributed by atoms with Crippen LogP contribution in [0.2, 0.25) is 0 Å². The van der Waals surface area contributed by atoms with Gasteiger partial charge in [-0.1, -0.05) is 18.2 Å². The third kappa shape index (κ3) is 4.68. The molecule has 0 radical (unpaired) electrons. The number of ether oxygens (including phenoxy) is 1. The molecule has 0 unspecified atom stereocenters. The van der Waals surface area contributed by atoms with Crippen molar-refractivity contribution in [1.82, 2.24) is 15.2 Å². The van der Waals surface area contributed by atoms with Crippen molar-refractivity contribution in [2.75, 3.05) is 5.32 Å². The summed E-state index contributed by atoms with van der Waals surface area (Å²) in [5.41, 5.74) is 0.317. The van der Waals surface area contributed by atoms with E-state index in [9.17, 15) is 14.3 Å². The van der Waals surface area contributed by atoms with Crippen molar-refractivity contribution in [3.63, 3.8) is 0 Å². The summed E-state index contributed by atoms with van der Waals surface area (Å²) in [6.45, 7) is 1.70. The molecule has 7 nitrogen and oxygen atoms in total. The van der Waals surface area contributed by atoms with E-state index in [1.807, 2.05) is 18.2 Å². The maximum absolute atomic E-state index is 14.3. The lowest BCUT2D eigenvalue weighted by Gasteiger charge is -2.36. The lowest BCUT2D eigenvalue weighted by atomic mass is 9.70. The average Bonchev–Trinajstić information content (AvgIpc) is 3.26. The molecule has 0 saturated heterocycles. The fraction of sp³-hybridized carbons (Fsp3) is 0.348. The number of aromatic amines is 1. The number of rotatable bonds is 7. The Morgan fingerprint density at radius 2 is 2.00 bits per heavy atom. The van der Waals surface area contributed by atoms with Crippen molar-refractivity contribution < 1.29 is 19.0 Å². The highest BCUT2D eigenvalue weighted by Gasteiger charge is 2.43. The third-order valence-corrected chi connectivity index (χ3v) is 5.88. The van der Waals surface area contributed by atoms with E-state index in [0.29, 0.717) is 55.0 Å². The van der Waals surface area contributed by atoms with Crippen molar-refractivity contribution in [3.05, 3.63) is 65.7 Å². The predicted octanol–water partition coefficient (Wildman–Crippen LogP) is 4.63. The van der Waals surface area contributed by atoms with E-state index < -0.39 is 11.4 Å². The van der Waals surface area contributed by atoms with Crippen molar-refractivity contribution >= 4 is 17.6 Å². The number of anilines is 2.